The van der Waals surface area contributed by atoms with E-state index in [1.54, 1.807) is 5.56 Å². The molecule has 1 aliphatic carbocycles. The molecule has 0 bridgehead atoms. The molecule has 0 nitrogen and oxygen atoms in total. The Balaban J connectivity index is 2.17. The lowest BCUT2D eigenvalue weighted by Crippen LogP contribution is -2.32. The number of hydrogen-bond donors (Lipinski definition) is 0. The summed E-state index contributed by atoms with van der Waals surface area (Å²) in [4.78, 5) is 0. The molecule has 1 aromatic carbocycles. The van der Waals surface area contributed by atoms with Crippen LogP contribution in [0, 0.1) is 11.3 Å². The van der Waals surface area contributed by atoms with Gasteiger partial charge in [-0.15, -0.1) is 0 Å². The van der Waals surface area contributed by atoms with Crippen LogP contribution in [-0.4, -0.2) is 0 Å². The second kappa shape index (κ2) is 5.25. The predicted octanol–water partition coefficient (Wildman–Crippen LogP) is 5.40. The first-order valence-corrected chi connectivity index (χ1v) is 7.23. The molecule has 0 saturated heterocycles. The van der Waals surface area contributed by atoms with Gasteiger partial charge in [-0.3, -0.25) is 0 Å². The van der Waals surface area contributed by atoms with Gasteiger partial charge >= 0.3 is 0 Å². The number of hydrogen-bond acceptors (Lipinski definition) is 0. The van der Waals surface area contributed by atoms with Gasteiger partial charge in [-0.1, -0.05) is 63.9 Å². The molecule has 0 amide bonds. The van der Waals surface area contributed by atoms with Crippen LogP contribution < -0.4 is 0 Å². The van der Waals surface area contributed by atoms with Crippen molar-refractivity contribution in [1.29, 1.82) is 0 Å². The highest BCUT2D eigenvalue weighted by Gasteiger charge is 2.37. The zero-order valence-electron chi connectivity index (χ0n) is 11.6. The van der Waals surface area contributed by atoms with Crippen LogP contribution in [0.2, 0.25) is 0 Å². The van der Waals surface area contributed by atoms with E-state index in [4.69, 9.17) is 0 Å². The van der Waals surface area contributed by atoms with Gasteiger partial charge in [-0.05, 0) is 42.1 Å². The van der Waals surface area contributed by atoms with Gasteiger partial charge in [0.1, 0.15) is 0 Å². The third kappa shape index (κ3) is 2.56. The third-order valence-corrected chi connectivity index (χ3v) is 5.08. The first-order chi connectivity index (χ1) is 8.18. The van der Waals surface area contributed by atoms with Crippen LogP contribution in [0.15, 0.2) is 30.3 Å². The van der Waals surface area contributed by atoms with Crippen molar-refractivity contribution in [3.63, 3.8) is 0 Å². The molecule has 0 radical (unpaired) electrons. The quantitative estimate of drug-likeness (QED) is 0.652. The highest BCUT2D eigenvalue weighted by molar-refractivity contribution is 5.20. The summed E-state index contributed by atoms with van der Waals surface area (Å²) in [6.07, 6.45) is 6.97. The highest BCUT2D eigenvalue weighted by Crippen LogP contribution is 2.50. The highest BCUT2D eigenvalue weighted by atomic mass is 14.4. The molecule has 2 unspecified atom stereocenters. The Morgan fingerprint density at radius 2 is 1.94 bits per heavy atom. The molecule has 2 rings (SSSR count). The van der Waals surface area contributed by atoms with Gasteiger partial charge in [0, 0.05) is 0 Å². The Labute approximate surface area is 106 Å². The molecule has 0 heterocycles. The molecule has 0 heteroatoms. The first kappa shape index (κ1) is 12.7. The van der Waals surface area contributed by atoms with Gasteiger partial charge in [0.25, 0.3) is 0 Å². The average molecular weight is 230 g/mol. The summed E-state index contributed by atoms with van der Waals surface area (Å²) < 4.78 is 0. The van der Waals surface area contributed by atoms with Gasteiger partial charge in [0.05, 0.1) is 0 Å². The van der Waals surface area contributed by atoms with E-state index < -0.39 is 0 Å². The van der Waals surface area contributed by atoms with Crippen molar-refractivity contribution in [1.82, 2.24) is 0 Å². The van der Waals surface area contributed by atoms with Crippen LogP contribution in [0.4, 0.5) is 0 Å². The van der Waals surface area contributed by atoms with E-state index in [0.29, 0.717) is 5.41 Å². The maximum Gasteiger partial charge on any atom is -0.0157 e. The van der Waals surface area contributed by atoms with Crippen LogP contribution in [0.3, 0.4) is 0 Å². The van der Waals surface area contributed by atoms with Gasteiger partial charge in [-0.25, -0.2) is 0 Å². The summed E-state index contributed by atoms with van der Waals surface area (Å²) in [5.41, 5.74) is 2.16. The molecule has 17 heavy (non-hydrogen) atoms. The summed E-state index contributed by atoms with van der Waals surface area (Å²) in [6, 6.07) is 11.1. The molecule has 0 aromatic heterocycles. The predicted molar refractivity (Wildman–Crippen MR) is 75.2 cm³/mol. The Morgan fingerprint density at radius 1 is 1.24 bits per heavy atom. The van der Waals surface area contributed by atoms with Crippen molar-refractivity contribution < 1.29 is 0 Å². The summed E-state index contributed by atoms with van der Waals surface area (Å²) in [5, 5.41) is 0. The van der Waals surface area contributed by atoms with Crippen molar-refractivity contribution in [2.45, 2.75) is 58.8 Å². The van der Waals surface area contributed by atoms with Crippen molar-refractivity contribution in [2.24, 2.45) is 11.3 Å². The normalized spacial score (nSPS) is 29.5. The SMILES string of the molecule is CCC1(C(C)C)CCCC(c2ccccc2)C1. The maximum absolute atomic E-state index is 2.41. The molecule has 0 aliphatic heterocycles. The zero-order valence-corrected chi connectivity index (χ0v) is 11.6. The van der Waals surface area contributed by atoms with Gasteiger partial charge < -0.3 is 0 Å². The molecular formula is C17H26. The fourth-order valence-corrected chi connectivity index (χ4v) is 3.66. The van der Waals surface area contributed by atoms with Crippen molar-refractivity contribution >= 4 is 0 Å². The molecule has 1 aromatic rings. The Bertz CT molecular complexity index is 338. The molecular weight excluding hydrogens is 204 g/mol. The molecule has 1 saturated carbocycles. The van der Waals surface area contributed by atoms with Crippen molar-refractivity contribution in [2.75, 3.05) is 0 Å². The van der Waals surface area contributed by atoms with E-state index in [-0.39, 0.29) is 0 Å². The number of benzene rings is 1. The summed E-state index contributed by atoms with van der Waals surface area (Å²) in [7, 11) is 0. The van der Waals surface area contributed by atoms with Gasteiger partial charge in [0.15, 0.2) is 0 Å². The van der Waals surface area contributed by atoms with E-state index >= 15 is 0 Å². The Hall–Kier alpha value is -0.780. The molecule has 1 aliphatic rings. The van der Waals surface area contributed by atoms with Crippen LogP contribution in [0.25, 0.3) is 0 Å². The lowest BCUT2D eigenvalue weighted by Gasteiger charge is -2.44. The topological polar surface area (TPSA) is 0 Å². The molecule has 0 N–H and O–H groups in total. The molecule has 1 fully saturated rings. The van der Waals surface area contributed by atoms with Crippen LogP contribution in [0.5, 0.6) is 0 Å². The fraction of sp³-hybridized carbons (Fsp3) is 0.647. The molecule has 0 spiro atoms. The Kier molecular flexibility index (Phi) is 3.91. The van der Waals surface area contributed by atoms with Gasteiger partial charge in [-0.2, -0.15) is 0 Å². The van der Waals surface area contributed by atoms with E-state index in [1.165, 1.54) is 32.1 Å². The standard InChI is InChI=1S/C17H26/c1-4-17(14(2)3)12-8-11-16(13-17)15-9-6-5-7-10-15/h5-7,9-10,14,16H,4,8,11-13H2,1-3H3. The monoisotopic (exact) mass is 230 g/mol. The first-order valence-electron chi connectivity index (χ1n) is 7.23. The van der Waals surface area contributed by atoms with Crippen molar-refractivity contribution in [3.8, 4) is 0 Å². The summed E-state index contributed by atoms with van der Waals surface area (Å²) >= 11 is 0. The largest absolute Gasteiger partial charge is 0.0648 e. The smallest absolute Gasteiger partial charge is 0.0157 e. The lowest BCUT2D eigenvalue weighted by molar-refractivity contribution is 0.0982. The van der Waals surface area contributed by atoms with Crippen molar-refractivity contribution in [3.05, 3.63) is 35.9 Å². The van der Waals surface area contributed by atoms with E-state index in [1.807, 2.05) is 0 Å². The van der Waals surface area contributed by atoms with Gasteiger partial charge in [0.2, 0.25) is 0 Å². The maximum atomic E-state index is 2.41. The summed E-state index contributed by atoms with van der Waals surface area (Å²) in [6.45, 7) is 7.21. The molecule has 2 atom stereocenters. The molecule has 94 valence electrons. The third-order valence-electron chi connectivity index (χ3n) is 5.08. The van der Waals surface area contributed by atoms with Crippen LogP contribution >= 0.6 is 0 Å². The van der Waals surface area contributed by atoms with E-state index in [9.17, 15) is 0 Å². The summed E-state index contributed by atoms with van der Waals surface area (Å²) in [5.74, 6) is 1.62. The van der Waals surface area contributed by atoms with Crippen LogP contribution in [-0.2, 0) is 0 Å². The fourth-order valence-electron chi connectivity index (χ4n) is 3.66. The minimum absolute atomic E-state index is 0.596. The second-order valence-corrected chi connectivity index (χ2v) is 6.07. The lowest BCUT2D eigenvalue weighted by atomic mass is 9.61. The Morgan fingerprint density at radius 3 is 2.53 bits per heavy atom. The zero-order chi connectivity index (χ0) is 12.3. The van der Waals surface area contributed by atoms with E-state index in [2.05, 4.69) is 51.1 Å². The minimum atomic E-state index is 0.596. The average Bonchev–Trinajstić information content (AvgIpc) is 2.39. The minimum Gasteiger partial charge on any atom is -0.0648 e. The van der Waals surface area contributed by atoms with Crippen LogP contribution in [0.1, 0.15) is 64.4 Å². The number of rotatable bonds is 3. The van der Waals surface area contributed by atoms with E-state index in [0.717, 1.165) is 11.8 Å². The second-order valence-electron chi connectivity index (χ2n) is 6.07.